The van der Waals surface area contributed by atoms with Crippen LogP contribution in [0.2, 0.25) is 0 Å². The lowest BCUT2D eigenvalue weighted by atomic mass is 9.93. The number of carbonyl (C=O) groups excluding carboxylic acids is 2. The Morgan fingerprint density at radius 3 is 2.65 bits per heavy atom. The number of hydrogen-bond donors (Lipinski definition) is 2. The molecule has 4 nitrogen and oxygen atoms in total. The van der Waals surface area contributed by atoms with E-state index in [1.165, 1.54) is 5.56 Å². The second kappa shape index (κ2) is 6.57. The largest absolute Gasteiger partial charge is 0.355 e. The van der Waals surface area contributed by atoms with Gasteiger partial charge in [-0.25, -0.2) is 0 Å². The Balaban J connectivity index is 1.42. The van der Waals surface area contributed by atoms with E-state index < -0.39 is 0 Å². The molecule has 1 aromatic rings. The molecule has 0 aromatic heterocycles. The molecule has 0 aliphatic heterocycles. The van der Waals surface area contributed by atoms with Crippen LogP contribution < -0.4 is 10.6 Å². The molecule has 2 N–H and O–H groups in total. The Morgan fingerprint density at radius 1 is 1.17 bits per heavy atom. The predicted molar refractivity (Wildman–Crippen MR) is 91.0 cm³/mol. The standard InChI is InChI=1S/C19H24N2O2/c1-12-3-6-17(13(2)9-12)21-18(22)7-8-20-19(23)16-11-14-4-5-15(16)10-14/h3-6,9,14-16H,7-8,10-11H2,1-2H3,(H,20,23)(H,21,22)/t14-,15+,16+/m1/s1. The topological polar surface area (TPSA) is 58.2 Å². The third-order valence-electron chi connectivity index (χ3n) is 4.92. The summed E-state index contributed by atoms with van der Waals surface area (Å²) < 4.78 is 0. The Morgan fingerprint density at radius 2 is 2.00 bits per heavy atom. The number of anilines is 1. The van der Waals surface area contributed by atoms with Gasteiger partial charge in [0.1, 0.15) is 0 Å². The number of amides is 2. The molecule has 0 radical (unpaired) electrons. The first-order valence-corrected chi connectivity index (χ1v) is 8.36. The van der Waals surface area contributed by atoms with E-state index in [1.54, 1.807) is 0 Å². The maximum absolute atomic E-state index is 12.2. The molecule has 4 heteroatoms. The second-order valence-electron chi connectivity index (χ2n) is 6.79. The van der Waals surface area contributed by atoms with Crippen molar-refractivity contribution >= 4 is 17.5 Å². The minimum absolute atomic E-state index is 0.0647. The van der Waals surface area contributed by atoms with Gasteiger partial charge in [-0.3, -0.25) is 9.59 Å². The highest BCUT2D eigenvalue weighted by molar-refractivity contribution is 5.92. The molecule has 2 amide bonds. The van der Waals surface area contributed by atoms with Gasteiger partial charge in [0.15, 0.2) is 0 Å². The zero-order chi connectivity index (χ0) is 16.4. The highest BCUT2D eigenvalue weighted by atomic mass is 16.2. The maximum Gasteiger partial charge on any atom is 0.226 e. The van der Waals surface area contributed by atoms with Gasteiger partial charge < -0.3 is 10.6 Å². The Kier molecular flexibility index (Phi) is 4.51. The number of benzene rings is 1. The van der Waals surface area contributed by atoms with Gasteiger partial charge in [-0.05, 0) is 50.2 Å². The minimum Gasteiger partial charge on any atom is -0.355 e. The number of carbonyl (C=O) groups is 2. The molecule has 0 heterocycles. The number of nitrogens with one attached hydrogen (secondary N) is 2. The summed E-state index contributed by atoms with van der Waals surface area (Å²) in [6.45, 7) is 4.40. The summed E-state index contributed by atoms with van der Waals surface area (Å²) in [6, 6.07) is 5.94. The molecule has 3 atom stereocenters. The highest BCUT2D eigenvalue weighted by Gasteiger charge is 2.39. The van der Waals surface area contributed by atoms with Gasteiger partial charge in [-0.2, -0.15) is 0 Å². The molecular weight excluding hydrogens is 288 g/mol. The summed E-state index contributed by atoms with van der Waals surface area (Å²) in [6.07, 6.45) is 6.78. The van der Waals surface area contributed by atoms with Crippen LogP contribution >= 0.6 is 0 Å². The van der Waals surface area contributed by atoms with Crippen LogP contribution in [0.3, 0.4) is 0 Å². The molecule has 0 spiro atoms. The smallest absolute Gasteiger partial charge is 0.226 e. The van der Waals surface area contributed by atoms with E-state index in [1.807, 2.05) is 32.0 Å². The van der Waals surface area contributed by atoms with Crippen LogP contribution in [0.15, 0.2) is 30.4 Å². The van der Waals surface area contributed by atoms with Crippen LogP contribution in [0.25, 0.3) is 0 Å². The van der Waals surface area contributed by atoms with E-state index in [0.29, 0.717) is 24.8 Å². The van der Waals surface area contributed by atoms with E-state index in [9.17, 15) is 9.59 Å². The van der Waals surface area contributed by atoms with Gasteiger partial charge in [0.2, 0.25) is 11.8 Å². The number of aryl methyl sites for hydroxylation is 2. The lowest BCUT2D eigenvalue weighted by Crippen LogP contribution is -2.34. The van der Waals surface area contributed by atoms with Crippen molar-refractivity contribution in [1.82, 2.24) is 5.32 Å². The SMILES string of the molecule is Cc1ccc(NC(=O)CCNC(=O)[C@H]2C[C@@H]3C=C[C@H]2C3)c(C)c1. The van der Waals surface area contributed by atoms with E-state index in [2.05, 4.69) is 22.8 Å². The third-order valence-corrected chi connectivity index (χ3v) is 4.92. The van der Waals surface area contributed by atoms with Crippen LogP contribution in [0.5, 0.6) is 0 Å². The molecule has 122 valence electrons. The summed E-state index contributed by atoms with van der Waals surface area (Å²) >= 11 is 0. The van der Waals surface area contributed by atoms with E-state index in [0.717, 1.165) is 24.1 Å². The van der Waals surface area contributed by atoms with E-state index >= 15 is 0 Å². The average molecular weight is 312 g/mol. The Labute approximate surface area is 137 Å². The van der Waals surface area contributed by atoms with Gasteiger partial charge in [-0.1, -0.05) is 29.8 Å². The van der Waals surface area contributed by atoms with Gasteiger partial charge in [0.05, 0.1) is 0 Å². The molecule has 2 aliphatic carbocycles. The first kappa shape index (κ1) is 15.8. The van der Waals surface area contributed by atoms with Crippen molar-refractivity contribution in [2.75, 3.05) is 11.9 Å². The lowest BCUT2D eigenvalue weighted by Gasteiger charge is -2.17. The summed E-state index contributed by atoms with van der Waals surface area (Å²) in [5, 5.41) is 5.82. The molecule has 2 bridgehead atoms. The van der Waals surface area contributed by atoms with Crippen LogP contribution in [-0.4, -0.2) is 18.4 Å². The van der Waals surface area contributed by atoms with Crippen molar-refractivity contribution in [3.8, 4) is 0 Å². The van der Waals surface area contributed by atoms with Gasteiger partial charge in [0, 0.05) is 24.6 Å². The molecule has 1 aromatic carbocycles. The van der Waals surface area contributed by atoms with E-state index in [-0.39, 0.29) is 17.7 Å². The first-order chi connectivity index (χ1) is 11.0. The molecule has 2 aliphatic rings. The molecule has 23 heavy (non-hydrogen) atoms. The Bertz CT molecular complexity index is 651. The summed E-state index contributed by atoms with van der Waals surface area (Å²) in [5.74, 6) is 1.13. The van der Waals surface area contributed by atoms with Crippen molar-refractivity contribution in [2.45, 2.75) is 33.1 Å². The normalized spacial score (nSPS) is 24.7. The van der Waals surface area contributed by atoms with Crippen LogP contribution in [0, 0.1) is 31.6 Å². The zero-order valence-electron chi connectivity index (χ0n) is 13.8. The lowest BCUT2D eigenvalue weighted by molar-refractivity contribution is -0.125. The van der Waals surface area contributed by atoms with Gasteiger partial charge in [0.25, 0.3) is 0 Å². The van der Waals surface area contributed by atoms with Gasteiger partial charge >= 0.3 is 0 Å². The maximum atomic E-state index is 12.2. The van der Waals surface area contributed by atoms with E-state index in [4.69, 9.17) is 0 Å². The first-order valence-electron chi connectivity index (χ1n) is 8.36. The molecular formula is C19H24N2O2. The van der Waals surface area contributed by atoms with Crippen molar-refractivity contribution in [2.24, 2.45) is 17.8 Å². The fraction of sp³-hybridized carbons (Fsp3) is 0.474. The predicted octanol–water partition coefficient (Wildman–Crippen LogP) is 2.96. The summed E-state index contributed by atoms with van der Waals surface area (Å²) in [4.78, 5) is 24.2. The second-order valence-corrected chi connectivity index (χ2v) is 6.79. The molecule has 1 saturated carbocycles. The van der Waals surface area contributed by atoms with Crippen molar-refractivity contribution in [3.63, 3.8) is 0 Å². The minimum atomic E-state index is -0.0647. The monoisotopic (exact) mass is 312 g/mol. The Hall–Kier alpha value is -2.10. The van der Waals surface area contributed by atoms with Crippen LogP contribution in [0.4, 0.5) is 5.69 Å². The quantitative estimate of drug-likeness (QED) is 0.821. The highest BCUT2D eigenvalue weighted by Crippen LogP contribution is 2.43. The number of rotatable bonds is 5. The zero-order valence-corrected chi connectivity index (χ0v) is 13.8. The fourth-order valence-electron chi connectivity index (χ4n) is 3.68. The summed E-state index contributed by atoms with van der Waals surface area (Å²) in [7, 11) is 0. The molecule has 0 saturated heterocycles. The van der Waals surface area contributed by atoms with Gasteiger partial charge in [-0.15, -0.1) is 0 Å². The fourth-order valence-corrected chi connectivity index (χ4v) is 3.68. The number of hydrogen-bond acceptors (Lipinski definition) is 2. The average Bonchev–Trinajstić information content (AvgIpc) is 3.13. The van der Waals surface area contributed by atoms with Crippen LogP contribution in [0.1, 0.15) is 30.4 Å². The summed E-state index contributed by atoms with van der Waals surface area (Å²) in [5.41, 5.74) is 3.06. The molecule has 1 fully saturated rings. The molecule has 0 unspecified atom stereocenters. The van der Waals surface area contributed by atoms with Crippen molar-refractivity contribution < 1.29 is 9.59 Å². The third kappa shape index (κ3) is 3.63. The van der Waals surface area contributed by atoms with Crippen molar-refractivity contribution in [1.29, 1.82) is 0 Å². The van der Waals surface area contributed by atoms with Crippen LogP contribution in [-0.2, 0) is 9.59 Å². The number of allylic oxidation sites excluding steroid dienone is 2. The van der Waals surface area contributed by atoms with Crippen molar-refractivity contribution in [3.05, 3.63) is 41.5 Å². The molecule has 3 rings (SSSR count). The number of fused-ring (bicyclic) bond motifs is 2.